The van der Waals surface area contributed by atoms with Crippen LogP contribution in [0.15, 0.2) is 212 Å². The van der Waals surface area contributed by atoms with Crippen LogP contribution in [0.1, 0.15) is 36.1 Å². The van der Waals surface area contributed by atoms with E-state index in [-0.39, 0.29) is 6.04 Å². The van der Waals surface area contributed by atoms with Crippen LogP contribution in [0.4, 0.5) is 17.1 Å². The molecule has 2 heterocycles. The highest BCUT2D eigenvalue weighted by atomic mass is 15.2. The van der Waals surface area contributed by atoms with E-state index in [2.05, 4.69) is 158 Å². The van der Waals surface area contributed by atoms with Crippen molar-refractivity contribution in [2.24, 2.45) is 4.99 Å². The lowest BCUT2D eigenvalue weighted by Gasteiger charge is -2.33. The molecule has 1 N–H and O–H groups in total. The summed E-state index contributed by atoms with van der Waals surface area (Å²) in [6, 6.07) is 52.9. The summed E-state index contributed by atoms with van der Waals surface area (Å²) >= 11 is 0. The topological polar surface area (TPSA) is 42.7 Å². The average Bonchev–Trinajstić information content (AvgIpc) is 3.25. The molecule has 0 saturated heterocycles. The third-order valence-electron chi connectivity index (χ3n) is 10.4. The van der Waals surface area contributed by atoms with Crippen molar-refractivity contribution >= 4 is 45.8 Å². The first-order valence-corrected chi connectivity index (χ1v) is 19.3. The molecule has 0 bridgehead atoms. The predicted molar refractivity (Wildman–Crippen MR) is 244 cm³/mol. The van der Waals surface area contributed by atoms with E-state index in [0.29, 0.717) is 5.71 Å². The van der Waals surface area contributed by atoms with E-state index in [4.69, 9.17) is 5.41 Å². The van der Waals surface area contributed by atoms with E-state index in [9.17, 15) is 0 Å². The molecule has 57 heavy (non-hydrogen) atoms. The third kappa shape index (κ3) is 8.07. The Bertz CT molecular complexity index is 2570. The molecular weight excluding hydrogens is 693 g/mol. The molecule has 2 aliphatic heterocycles. The Morgan fingerprint density at radius 3 is 2.02 bits per heavy atom. The van der Waals surface area contributed by atoms with Crippen molar-refractivity contribution in [2.45, 2.75) is 19.9 Å². The Morgan fingerprint density at radius 2 is 1.32 bits per heavy atom. The Kier molecular flexibility index (Phi) is 10.7. The van der Waals surface area contributed by atoms with Crippen molar-refractivity contribution in [1.82, 2.24) is 0 Å². The Hall–Kier alpha value is -7.30. The molecule has 8 rings (SSSR count). The van der Waals surface area contributed by atoms with Crippen molar-refractivity contribution < 1.29 is 0 Å². The fourth-order valence-corrected chi connectivity index (χ4v) is 7.56. The second-order valence-electron chi connectivity index (χ2n) is 14.3. The zero-order valence-electron chi connectivity index (χ0n) is 32.3. The standard InChI is InChI=1S/C53H44N4/c1-38-17-15-16-30-56(37-55-29-28-51(54)47-34-45(41-18-7-4-8-19-41)33-46(35-47)42-20-9-5-10-21-42)52-27-26-43(36-50(38)52)44-31-39(2)49-24-13-14-25-53(49)57(40(3)32-44)48-22-11-6-12-23-48/h4-37,40,54H,1H2,2-3H3/b17-15-,29-28-,30-16-,39-31+,44-32+,54-51?,55-37+. The van der Waals surface area contributed by atoms with Gasteiger partial charge in [-0.25, -0.2) is 4.99 Å². The maximum Gasteiger partial charge on any atom is 0.0990 e. The average molecular weight is 737 g/mol. The van der Waals surface area contributed by atoms with E-state index in [1.54, 1.807) is 18.6 Å². The van der Waals surface area contributed by atoms with Crippen molar-refractivity contribution in [1.29, 1.82) is 5.41 Å². The van der Waals surface area contributed by atoms with Gasteiger partial charge < -0.3 is 15.2 Å². The molecule has 1 atom stereocenters. The monoisotopic (exact) mass is 736 g/mol. The van der Waals surface area contributed by atoms with Crippen LogP contribution in [0.5, 0.6) is 0 Å². The minimum absolute atomic E-state index is 0.0841. The first-order valence-electron chi connectivity index (χ1n) is 19.3. The van der Waals surface area contributed by atoms with Gasteiger partial charge in [-0.15, -0.1) is 0 Å². The highest BCUT2D eigenvalue weighted by molar-refractivity contribution is 6.08. The van der Waals surface area contributed by atoms with Crippen LogP contribution >= 0.6 is 0 Å². The smallest absolute Gasteiger partial charge is 0.0990 e. The van der Waals surface area contributed by atoms with E-state index < -0.39 is 0 Å². The number of nitrogens with one attached hydrogen (secondary N) is 1. The van der Waals surface area contributed by atoms with Crippen molar-refractivity contribution in [3.8, 4) is 22.3 Å². The van der Waals surface area contributed by atoms with E-state index in [1.807, 2.05) is 65.7 Å². The van der Waals surface area contributed by atoms with Crippen molar-refractivity contribution in [3.05, 3.63) is 229 Å². The van der Waals surface area contributed by atoms with Gasteiger partial charge in [0.2, 0.25) is 0 Å². The van der Waals surface area contributed by atoms with Gasteiger partial charge in [0.1, 0.15) is 0 Å². The second kappa shape index (κ2) is 16.6. The van der Waals surface area contributed by atoms with Gasteiger partial charge in [-0.3, -0.25) is 0 Å². The Morgan fingerprint density at radius 1 is 0.667 bits per heavy atom. The summed E-state index contributed by atoms with van der Waals surface area (Å²) in [7, 11) is 0. The van der Waals surface area contributed by atoms with Crippen molar-refractivity contribution in [2.75, 3.05) is 9.80 Å². The van der Waals surface area contributed by atoms with Crippen LogP contribution in [0, 0.1) is 5.41 Å². The normalized spacial score (nSPS) is 18.3. The fraction of sp³-hybridized carbons (Fsp3) is 0.0566. The summed E-state index contributed by atoms with van der Waals surface area (Å²) in [5, 5.41) is 9.04. The number of allylic oxidation sites excluding steroid dienone is 8. The molecule has 0 fully saturated rings. The van der Waals surface area contributed by atoms with Gasteiger partial charge in [-0.05, 0) is 119 Å². The number of rotatable bonds is 8. The fourth-order valence-electron chi connectivity index (χ4n) is 7.56. The van der Waals surface area contributed by atoms with Crippen LogP contribution in [0.2, 0.25) is 0 Å². The van der Waals surface area contributed by atoms with Crippen LogP contribution < -0.4 is 9.80 Å². The minimum atomic E-state index is 0.0841. The number of fused-ring (bicyclic) bond motifs is 2. The summed E-state index contributed by atoms with van der Waals surface area (Å²) < 4.78 is 0. The maximum atomic E-state index is 9.04. The SMILES string of the molecule is C=C1/C=C\C=C/N(/C=N/C=C\C(=N)c2cc(-c3ccccc3)cc(-c3ccccc3)c2)c2ccc(C3=C/C(C)N(c4ccccc4)c4ccccc4\C(C)=C\3)cc21. The van der Waals surface area contributed by atoms with E-state index >= 15 is 0 Å². The second-order valence-corrected chi connectivity index (χ2v) is 14.3. The van der Waals surface area contributed by atoms with Crippen LogP contribution in [0.3, 0.4) is 0 Å². The van der Waals surface area contributed by atoms with Crippen LogP contribution in [-0.2, 0) is 0 Å². The zero-order valence-corrected chi connectivity index (χ0v) is 32.3. The molecule has 276 valence electrons. The quantitative estimate of drug-likeness (QED) is 0.125. The Labute approximate surface area is 336 Å². The number of nitrogens with zero attached hydrogens (tertiary/aromatic N) is 3. The van der Waals surface area contributed by atoms with Gasteiger partial charge >= 0.3 is 0 Å². The van der Waals surface area contributed by atoms with Gasteiger partial charge in [-0.1, -0.05) is 134 Å². The molecule has 1 unspecified atom stereocenters. The highest BCUT2D eigenvalue weighted by Gasteiger charge is 2.22. The number of hydrogen-bond donors (Lipinski definition) is 1. The van der Waals surface area contributed by atoms with Gasteiger partial charge in [-0.2, -0.15) is 0 Å². The predicted octanol–water partition coefficient (Wildman–Crippen LogP) is 13.6. The van der Waals surface area contributed by atoms with Gasteiger partial charge in [0.15, 0.2) is 0 Å². The largest absolute Gasteiger partial charge is 0.334 e. The minimum Gasteiger partial charge on any atom is -0.334 e. The number of para-hydroxylation sites is 2. The molecule has 0 aromatic heterocycles. The summed E-state index contributed by atoms with van der Waals surface area (Å²) in [6.07, 6.45) is 17.9. The number of hydrogen-bond acceptors (Lipinski definition) is 3. The van der Waals surface area contributed by atoms with Crippen LogP contribution in [-0.4, -0.2) is 18.1 Å². The molecule has 0 amide bonds. The molecule has 4 heteroatoms. The van der Waals surface area contributed by atoms with Crippen molar-refractivity contribution in [3.63, 3.8) is 0 Å². The molecule has 0 saturated carbocycles. The molecule has 0 radical (unpaired) electrons. The van der Waals surface area contributed by atoms with E-state index in [0.717, 1.165) is 61.5 Å². The summed E-state index contributed by atoms with van der Waals surface area (Å²) in [6.45, 7) is 8.91. The summed E-state index contributed by atoms with van der Waals surface area (Å²) in [5.41, 5.74) is 15.5. The molecule has 0 spiro atoms. The lowest BCUT2D eigenvalue weighted by Crippen LogP contribution is -2.28. The van der Waals surface area contributed by atoms with Gasteiger partial charge in [0.05, 0.1) is 23.8 Å². The van der Waals surface area contributed by atoms with E-state index in [1.165, 1.54) is 16.8 Å². The maximum absolute atomic E-state index is 9.04. The Balaban J connectivity index is 1.09. The molecular formula is C53H44N4. The van der Waals surface area contributed by atoms with Gasteiger partial charge in [0.25, 0.3) is 0 Å². The molecule has 2 aliphatic rings. The lowest BCUT2D eigenvalue weighted by molar-refractivity contribution is 0.863. The number of benzene rings is 6. The van der Waals surface area contributed by atoms with Crippen LogP contribution in [0.25, 0.3) is 39.0 Å². The first kappa shape index (κ1) is 36.7. The number of anilines is 3. The zero-order chi connectivity index (χ0) is 39.1. The van der Waals surface area contributed by atoms with Gasteiger partial charge in [0, 0.05) is 40.5 Å². The first-order chi connectivity index (χ1) is 27.9. The lowest BCUT2D eigenvalue weighted by atomic mass is 9.91. The summed E-state index contributed by atoms with van der Waals surface area (Å²) in [5.74, 6) is 0. The highest BCUT2D eigenvalue weighted by Crippen LogP contribution is 2.40. The number of aliphatic imine (C=N–C) groups is 1. The summed E-state index contributed by atoms with van der Waals surface area (Å²) in [4.78, 5) is 9.10. The molecule has 6 aromatic carbocycles. The third-order valence-corrected chi connectivity index (χ3v) is 10.4. The molecule has 0 aliphatic carbocycles. The molecule has 6 aromatic rings. The molecule has 4 nitrogen and oxygen atoms in total.